The molecule has 1 N–H and O–H groups in total. The maximum Gasteiger partial charge on any atom is 0.416 e. The molecule has 0 bridgehead atoms. The summed E-state index contributed by atoms with van der Waals surface area (Å²) < 4.78 is 39.1. The lowest BCUT2D eigenvalue weighted by atomic mass is 9.81. The predicted octanol–water partition coefficient (Wildman–Crippen LogP) is 4.25. The van der Waals surface area contributed by atoms with Crippen LogP contribution in [0.4, 0.5) is 13.2 Å². The normalized spacial score (nSPS) is 23.9. The summed E-state index contributed by atoms with van der Waals surface area (Å²) >= 11 is 0. The second kappa shape index (κ2) is 6.39. The molecule has 1 unspecified atom stereocenters. The van der Waals surface area contributed by atoms with Crippen LogP contribution >= 0.6 is 0 Å². The highest BCUT2D eigenvalue weighted by Crippen LogP contribution is 2.40. The van der Waals surface area contributed by atoms with Crippen LogP contribution in [0.15, 0.2) is 24.3 Å². The van der Waals surface area contributed by atoms with Gasteiger partial charge in [-0.3, -0.25) is 10.1 Å². The van der Waals surface area contributed by atoms with E-state index in [2.05, 4.69) is 5.32 Å². The number of carbonyl (C=O) groups is 1. The zero-order chi connectivity index (χ0) is 17.4. The van der Waals surface area contributed by atoms with E-state index in [1.54, 1.807) is 11.0 Å². The fourth-order valence-corrected chi connectivity index (χ4v) is 3.93. The number of hydrogen-bond donors (Lipinski definition) is 1. The Kier molecular flexibility index (Phi) is 4.60. The van der Waals surface area contributed by atoms with E-state index < -0.39 is 23.4 Å². The molecule has 1 spiro atoms. The molecular weight excluding hydrogens is 317 g/mol. The highest BCUT2D eigenvalue weighted by molar-refractivity contribution is 5.89. The quantitative estimate of drug-likeness (QED) is 0.892. The Hall–Kier alpha value is -1.56. The first-order chi connectivity index (χ1) is 11.4. The summed E-state index contributed by atoms with van der Waals surface area (Å²) in [7, 11) is 0. The average molecular weight is 340 g/mol. The number of benzene rings is 1. The zero-order valence-electron chi connectivity index (χ0n) is 13.8. The zero-order valence-corrected chi connectivity index (χ0v) is 13.8. The van der Waals surface area contributed by atoms with Gasteiger partial charge in [0.1, 0.15) is 6.17 Å². The Morgan fingerprint density at radius 3 is 2.58 bits per heavy atom. The van der Waals surface area contributed by atoms with Crippen LogP contribution in [0, 0.1) is 0 Å². The molecule has 0 aromatic heterocycles. The van der Waals surface area contributed by atoms with Crippen LogP contribution in [0.1, 0.15) is 62.7 Å². The smallest absolute Gasteiger partial charge is 0.321 e. The fraction of sp³-hybridized carbons (Fsp3) is 0.611. The number of rotatable bonds is 3. The van der Waals surface area contributed by atoms with Crippen molar-refractivity contribution >= 4 is 5.91 Å². The van der Waals surface area contributed by atoms with Crippen molar-refractivity contribution in [2.75, 3.05) is 6.54 Å². The third-order valence-corrected chi connectivity index (χ3v) is 5.10. The molecule has 2 fully saturated rings. The molecular formula is C18H23F3N2O. The topological polar surface area (TPSA) is 32.3 Å². The van der Waals surface area contributed by atoms with Gasteiger partial charge in [-0.15, -0.1) is 0 Å². The number of alkyl halides is 3. The molecule has 1 aliphatic heterocycles. The van der Waals surface area contributed by atoms with Crippen molar-refractivity contribution in [3.05, 3.63) is 35.4 Å². The maximum absolute atomic E-state index is 13.0. The predicted molar refractivity (Wildman–Crippen MR) is 85.1 cm³/mol. The van der Waals surface area contributed by atoms with Gasteiger partial charge in [0.15, 0.2) is 0 Å². The van der Waals surface area contributed by atoms with Gasteiger partial charge in [-0.25, -0.2) is 0 Å². The van der Waals surface area contributed by atoms with Crippen LogP contribution in [-0.2, 0) is 11.0 Å². The molecule has 1 aromatic rings. The molecule has 1 saturated heterocycles. The van der Waals surface area contributed by atoms with Crippen molar-refractivity contribution in [2.45, 2.75) is 63.3 Å². The van der Waals surface area contributed by atoms with E-state index in [1.165, 1.54) is 6.07 Å². The molecule has 1 amide bonds. The van der Waals surface area contributed by atoms with Crippen LogP contribution in [0.25, 0.3) is 0 Å². The van der Waals surface area contributed by atoms with E-state index in [1.807, 2.05) is 6.92 Å². The molecule has 24 heavy (non-hydrogen) atoms. The van der Waals surface area contributed by atoms with Gasteiger partial charge in [-0.05, 0) is 37.0 Å². The molecule has 3 rings (SSSR count). The van der Waals surface area contributed by atoms with Gasteiger partial charge in [0.05, 0.1) is 11.1 Å². The van der Waals surface area contributed by atoms with Gasteiger partial charge in [-0.1, -0.05) is 38.3 Å². The first kappa shape index (κ1) is 17.3. The number of halogens is 3. The standard InChI is InChI=1S/C18H23F3N2O/c1-2-11-23-15(13-7-6-8-14(12-13)18(19,20)21)22-17(16(23)24)9-4-3-5-10-17/h6-8,12,15,22H,2-5,9-11H2,1H3. The number of hydrogen-bond acceptors (Lipinski definition) is 2. The minimum Gasteiger partial charge on any atom is -0.321 e. The Morgan fingerprint density at radius 1 is 1.25 bits per heavy atom. The van der Waals surface area contributed by atoms with Gasteiger partial charge in [-0.2, -0.15) is 13.2 Å². The van der Waals surface area contributed by atoms with Crippen molar-refractivity contribution in [3.8, 4) is 0 Å². The molecule has 1 heterocycles. The second-order valence-electron chi connectivity index (χ2n) is 6.81. The van der Waals surface area contributed by atoms with Crippen molar-refractivity contribution < 1.29 is 18.0 Å². The van der Waals surface area contributed by atoms with Crippen molar-refractivity contribution in [2.24, 2.45) is 0 Å². The molecule has 2 aliphatic rings. The lowest BCUT2D eigenvalue weighted by Gasteiger charge is -2.31. The maximum atomic E-state index is 13.0. The number of amides is 1. The third-order valence-electron chi connectivity index (χ3n) is 5.10. The van der Waals surface area contributed by atoms with E-state index >= 15 is 0 Å². The molecule has 0 radical (unpaired) electrons. The Bertz CT molecular complexity index is 609. The first-order valence-corrected chi connectivity index (χ1v) is 8.63. The summed E-state index contributed by atoms with van der Waals surface area (Å²) in [4.78, 5) is 14.7. The Morgan fingerprint density at radius 2 is 1.96 bits per heavy atom. The third kappa shape index (κ3) is 3.04. The van der Waals surface area contributed by atoms with Crippen molar-refractivity contribution in [3.63, 3.8) is 0 Å². The van der Waals surface area contributed by atoms with Crippen molar-refractivity contribution in [1.29, 1.82) is 0 Å². The SMILES string of the molecule is CCCN1C(=O)C2(CCCCC2)NC1c1cccc(C(F)(F)F)c1. The van der Waals surface area contributed by atoms with Gasteiger partial charge < -0.3 is 4.90 Å². The van der Waals surface area contributed by atoms with Crippen LogP contribution in [0.3, 0.4) is 0 Å². The summed E-state index contributed by atoms with van der Waals surface area (Å²) in [6.07, 6.45) is 0.525. The molecule has 1 saturated carbocycles. The van der Waals surface area contributed by atoms with Crippen LogP contribution in [0.2, 0.25) is 0 Å². The van der Waals surface area contributed by atoms with Gasteiger partial charge in [0, 0.05) is 6.54 Å². The Balaban J connectivity index is 1.95. The molecule has 3 nitrogen and oxygen atoms in total. The van der Waals surface area contributed by atoms with Gasteiger partial charge in [0.25, 0.3) is 0 Å². The highest BCUT2D eigenvalue weighted by Gasteiger charge is 2.51. The number of carbonyl (C=O) groups excluding carboxylic acids is 1. The summed E-state index contributed by atoms with van der Waals surface area (Å²) in [5.74, 6) is 0.0476. The molecule has 6 heteroatoms. The highest BCUT2D eigenvalue weighted by atomic mass is 19.4. The van der Waals surface area contributed by atoms with Crippen LogP contribution < -0.4 is 5.32 Å². The summed E-state index contributed by atoms with van der Waals surface area (Å²) in [6.45, 7) is 2.52. The minimum absolute atomic E-state index is 0.0476. The average Bonchev–Trinajstić information content (AvgIpc) is 2.81. The number of nitrogens with one attached hydrogen (secondary N) is 1. The van der Waals surface area contributed by atoms with Gasteiger partial charge in [0.2, 0.25) is 5.91 Å². The van der Waals surface area contributed by atoms with E-state index in [0.29, 0.717) is 12.1 Å². The number of nitrogens with zero attached hydrogens (tertiary/aromatic N) is 1. The molecule has 1 aliphatic carbocycles. The summed E-state index contributed by atoms with van der Waals surface area (Å²) in [6, 6.07) is 5.32. The monoisotopic (exact) mass is 340 g/mol. The fourth-order valence-electron chi connectivity index (χ4n) is 3.93. The van der Waals surface area contributed by atoms with E-state index in [-0.39, 0.29) is 5.91 Å². The second-order valence-corrected chi connectivity index (χ2v) is 6.81. The summed E-state index contributed by atoms with van der Waals surface area (Å²) in [5, 5.41) is 3.39. The van der Waals surface area contributed by atoms with Crippen LogP contribution in [0.5, 0.6) is 0 Å². The Labute approximate surface area is 140 Å². The molecule has 132 valence electrons. The molecule has 1 atom stereocenters. The lowest BCUT2D eigenvalue weighted by Crippen LogP contribution is -2.48. The minimum atomic E-state index is -4.38. The van der Waals surface area contributed by atoms with Crippen LogP contribution in [-0.4, -0.2) is 22.9 Å². The van der Waals surface area contributed by atoms with E-state index in [4.69, 9.17) is 0 Å². The summed E-state index contributed by atoms with van der Waals surface area (Å²) in [5.41, 5.74) is -0.754. The largest absolute Gasteiger partial charge is 0.416 e. The first-order valence-electron chi connectivity index (χ1n) is 8.63. The lowest BCUT2D eigenvalue weighted by molar-refractivity contribution is -0.137. The van der Waals surface area contributed by atoms with E-state index in [9.17, 15) is 18.0 Å². The van der Waals surface area contributed by atoms with E-state index in [0.717, 1.165) is 50.7 Å². The van der Waals surface area contributed by atoms with Gasteiger partial charge >= 0.3 is 6.18 Å². The molecule has 1 aromatic carbocycles. The van der Waals surface area contributed by atoms with Crippen molar-refractivity contribution in [1.82, 2.24) is 10.2 Å².